The number of hydrogen-bond donors (Lipinski definition) is 0. The van der Waals surface area contributed by atoms with E-state index in [4.69, 9.17) is 0 Å². The summed E-state index contributed by atoms with van der Waals surface area (Å²) in [5.41, 5.74) is 2.04. The molecule has 0 aromatic heterocycles. The van der Waals surface area contributed by atoms with Crippen LogP contribution in [0, 0.1) is 12.8 Å². The number of ketones is 1. The molecule has 0 N–H and O–H groups in total. The quantitative estimate of drug-likeness (QED) is 0.628. The maximum Gasteiger partial charge on any atom is 0.166 e. The fraction of sp³-hybridized carbons (Fsp3) is 0.421. The minimum absolute atomic E-state index is 0.175. The van der Waals surface area contributed by atoms with Crippen LogP contribution >= 0.6 is 0 Å². The van der Waals surface area contributed by atoms with E-state index in [-0.39, 0.29) is 5.92 Å². The monoisotopic (exact) mass is 268 g/mol. The van der Waals surface area contributed by atoms with Crippen LogP contribution in [0.15, 0.2) is 36.4 Å². The Morgan fingerprint density at radius 3 is 2.30 bits per heavy atom. The average molecular weight is 268 g/mol. The van der Waals surface area contributed by atoms with Crippen LogP contribution in [0.4, 0.5) is 0 Å². The normalized spacial score (nSPS) is 11.2. The second-order valence-electron chi connectivity index (χ2n) is 5.62. The smallest absolute Gasteiger partial charge is 0.166 e. The molecule has 1 heteroatoms. The Labute approximate surface area is 122 Å². The van der Waals surface area contributed by atoms with E-state index in [1.807, 2.05) is 12.1 Å². The fourth-order valence-corrected chi connectivity index (χ4v) is 3.02. The molecule has 0 heterocycles. The van der Waals surface area contributed by atoms with Gasteiger partial charge >= 0.3 is 0 Å². The highest BCUT2D eigenvalue weighted by Crippen LogP contribution is 2.27. The second kappa shape index (κ2) is 6.69. The van der Waals surface area contributed by atoms with Gasteiger partial charge in [0.2, 0.25) is 0 Å². The Kier molecular flexibility index (Phi) is 4.94. The van der Waals surface area contributed by atoms with Gasteiger partial charge in [-0.05, 0) is 36.1 Å². The largest absolute Gasteiger partial charge is 0.294 e. The van der Waals surface area contributed by atoms with Gasteiger partial charge in [-0.3, -0.25) is 4.79 Å². The molecule has 20 heavy (non-hydrogen) atoms. The Morgan fingerprint density at radius 1 is 1.00 bits per heavy atom. The minimum Gasteiger partial charge on any atom is -0.294 e. The van der Waals surface area contributed by atoms with Gasteiger partial charge in [0.05, 0.1) is 0 Å². The number of carbonyl (C=O) groups excluding carboxylic acids is 1. The van der Waals surface area contributed by atoms with Crippen LogP contribution in [-0.2, 0) is 0 Å². The summed E-state index contributed by atoms with van der Waals surface area (Å²) in [4.78, 5) is 13.0. The molecular formula is C19H24O. The number of benzene rings is 2. The number of carbonyl (C=O) groups is 1. The summed E-state index contributed by atoms with van der Waals surface area (Å²) in [5.74, 6) is 0.512. The molecule has 106 valence electrons. The van der Waals surface area contributed by atoms with Crippen molar-refractivity contribution in [3.63, 3.8) is 0 Å². The molecule has 0 aliphatic rings. The summed E-state index contributed by atoms with van der Waals surface area (Å²) in [6, 6.07) is 12.4. The van der Waals surface area contributed by atoms with Gasteiger partial charge in [-0.15, -0.1) is 0 Å². The van der Waals surface area contributed by atoms with Crippen molar-refractivity contribution in [2.24, 2.45) is 5.92 Å². The van der Waals surface area contributed by atoms with Gasteiger partial charge in [0.25, 0.3) is 0 Å². The van der Waals surface area contributed by atoms with E-state index in [1.54, 1.807) is 0 Å². The molecular weight excluding hydrogens is 244 g/mol. The maximum atomic E-state index is 13.0. The van der Waals surface area contributed by atoms with Crippen LogP contribution in [0.5, 0.6) is 0 Å². The molecule has 0 fully saturated rings. The Bertz CT molecular complexity index is 592. The third-order valence-corrected chi connectivity index (χ3v) is 4.03. The lowest BCUT2D eigenvalue weighted by molar-refractivity contribution is 0.0906. The first kappa shape index (κ1) is 14.8. The zero-order valence-electron chi connectivity index (χ0n) is 12.8. The minimum atomic E-state index is 0.175. The summed E-state index contributed by atoms with van der Waals surface area (Å²) in [6.07, 6.45) is 4.13. The highest BCUT2D eigenvalue weighted by atomic mass is 16.1. The molecule has 0 radical (unpaired) electrons. The molecule has 0 aliphatic heterocycles. The second-order valence-corrected chi connectivity index (χ2v) is 5.62. The van der Waals surface area contributed by atoms with Gasteiger partial charge in [-0.2, -0.15) is 0 Å². The van der Waals surface area contributed by atoms with Crippen molar-refractivity contribution in [3.8, 4) is 0 Å². The molecule has 0 spiro atoms. The van der Waals surface area contributed by atoms with Crippen LogP contribution in [0.3, 0.4) is 0 Å². The highest BCUT2D eigenvalue weighted by Gasteiger charge is 2.21. The van der Waals surface area contributed by atoms with Gasteiger partial charge in [0.15, 0.2) is 5.78 Å². The van der Waals surface area contributed by atoms with E-state index in [1.165, 1.54) is 0 Å². The number of hydrogen-bond acceptors (Lipinski definition) is 1. The Hall–Kier alpha value is -1.63. The van der Waals surface area contributed by atoms with Crippen LogP contribution in [-0.4, -0.2) is 5.78 Å². The van der Waals surface area contributed by atoms with Crippen LogP contribution in [0.25, 0.3) is 10.8 Å². The SMILES string of the molecule is CCCC(CCC)C(=O)c1c(C)ccc2ccccc12. The third kappa shape index (κ3) is 2.92. The number of aryl methyl sites for hydroxylation is 1. The topological polar surface area (TPSA) is 17.1 Å². The molecule has 2 aromatic rings. The lowest BCUT2D eigenvalue weighted by Gasteiger charge is -2.17. The predicted molar refractivity (Wildman–Crippen MR) is 86.3 cm³/mol. The first-order chi connectivity index (χ1) is 9.69. The molecule has 0 saturated carbocycles. The van der Waals surface area contributed by atoms with Crippen molar-refractivity contribution in [1.82, 2.24) is 0 Å². The van der Waals surface area contributed by atoms with Crippen molar-refractivity contribution in [2.45, 2.75) is 46.5 Å². The van der Waals surface area contributed by atoms with Gasteiger partial charge in [0, 0.05) is 11.5 Å². The van der Waals surface area contributed by atoms with E-state index < -0.39 is 0 Å². The van der Waals surface area contributed by atoms with Gasteiger partial charge in [-0.25, -0.2) is 0 Å². The van der Waals surface area contributed by atoms with E-state index in [9.17, 15) is 4.79 Å². The zero-order chi connectivity index (χ0) is 14.5. The van der Waals surface area contributed by atoms with Crippen LogP contribution < -0.4 is 0 Å². The average Bonchev–Trinajstić information content (AvgIpc) is 2.46. The summed E-state index contributed by atoms with van der Waals surface area (Å²) in [6.45, 7) is 6.37. The van der Waals surface area contributed by atoms with Crippen molar-refractivity contribution < 1.29 is 4.79 Å². The molecule has 0 unspecified atom stereocenters. The molecule has 0 saturated heterocycles. The zero-order valence-corrected chi connectivity index (χ0v) is 12.8. The van der Waals surface area contributed by atoms with Crippen molar-refractivity contribution in [3.05, 3.63) is 47.5 Å². The van der Waals surface area contributed by atoms with E-state index in [0.29, 0.717) is 5.78 Å². The first-order valence-corrected chi connectivity index (χ1v) is 7.71. The molecule has 0 bridgehead atoms. The first-order valence-electron chi connectivity index (χ1n) is 7.71. The van der Waals surface area contributed by atoms with E-state index in [0.717, 1.165) is 47.6 Å². The van der Waals surface area contributed by atoms with Gasteiger partial charge in [0.1, 0.15) is 0 Å². The fourth-order valence-electron chi connectivity index (χ4n) is 3.02. The predicted octanol–water partition coefficient (Wildman–Crippen LogP) is 5.55. The summed E-state index contributed by atoms with van der Waals surface area (Å²) in [7, 11) is 0. The van der Waals surface area contributed by atoms with E-state index >= 15 is 0 Å². The standard InChI is InChI=1S/C19H24O/c1-4-8-16(9-5-2)19(20)18-14(3)12-13-15-10-6-7-11-17(15)18/h6-7,10-13,16H,4-5,8-9H2,1-3H3. The highest BCUT2D eigenvalue weighted by molar-refractivity contribution is 6.10. The number of fused-ring (bicyclic) bond motifs is 1. The van der Waals surface area contributed by atoms with Gasteiger partial charge < -0.3 is 0 Å². The van der Waals surface area contributed by atoms with Crippen LogP contribution in [0.1, 0.15) is 55.5 Å². The summed E-state index contributed by atoms with van der Waals surface area (Å²) >= 11 is 0. The van der Waals surface area contributed by atoms with Gasteiger partial charge in [-0.1, -0.05) is 63.1 Å². The summed E-state index contributed by atoms with van der Waals surface area (Å²) < 4.78 is 0. The van der Waals surface area contributed by atoms with Crippen LogP contribution in [0.2, 0.25) is 0 Å². The summed E-state index contributed by atoms with van der Waals surface area (Å²) in [5, 5.41) is 2.27. The lowest BCUT2D eigenvalue weighted by Crippen LogP contribution is -2.16. The van der Waals surface area contributed by atoms with Crippen molar-refractivity contribution in [2.75, 3.05) is 0 Å². The number of rotatable bonds is 6. The lowest BCUT2D eigenvalue weighted by atomic mass is 9.86. The third-order valence-electron chi connectivity index (χ3n) is 4.03. The molecule has 2 aromatic carbocycles. The maximum absolute atomic E-state index is 13.0. The molecule has 0 aliphatic carbocycles. The number of Topliss-reactive ketones (excluding diaryl/α,β-unsaturated/α-hetero) is 1. The molecule has 2 rings (SSSR count). The van der Waals surface area contributed by atoms with E-state index in [2.05, 4.69) is 45.0 Å². The van der Waals surface area contributed by atoms with Crippen molar-refractivity contribution in [1.29, 1.82) is 0 Å². The molecule has 0 atom stereocenters. The Balaban J connectivity index is 2.49. The molecule has 0 amide bonds. The molecule has 1 nitrogen and oxygen atoms in total. The van der Waals surface area contributed by atoms with Crippen molar-refractivity contribution >= 4 is 16.6 Å². The Morgan fingerprint density at radius 2 is 1.65 bits per heavy atom.